The van der Waals surface area contributed by atoms with Crippen LogP contribution in [0.1, 0.15) is 49.4 Å². The average molecular weight is 287 g/mol. The summed E-state index contributed by atoms with van der Waals surface area (Å²) in [5.74, 6) is -0.241. The van der Waals surface area contributed by atoms with Gasteiger partial charge in [-0.1, -0.05) is 12.8 Å². The largest absolute Gasteiger partial charge is 0.481 e. The predicted octanol–water partition coefficient (Wildman–Crippen LogP) is 2.85. The molecule has 1 aromatic rings. The fraction of sp³-hybridized carbons (Fsp3) is 0.636. The average Bonchev–Trinajstić information content (AvgIpc) is 2.82. The van der Waals surface area contributed by atoms with Crippen LogP contribution in [0.3, 0.4) is 0 Å². The molecule has 2 rings (SSSR count). The van der Waals surface area contributed by atoms with E-state index >= 15 is 0 Å². The maximum Gasteiger partial charge on any atom is 0.303 e. The highest BCUT2D eigenvalue weighted by atomic mass is 79.9. The Morgan fingerprint density at radius 2 is 2.19 bits per heavy atom. The SMILES string of the molecule is O=C(O)CCc1[nH]c(Br)nc1C1CCCC1. The molecule has 1 aliphatic rings. The molecule has 4 nitrogen and oxygen atoms in total. The van der Waals surface area contributed by atoms with Crippen LogP contribution in [0.25, 0.3) is 0 Å². The maximum atomic E-state index is 10.6. The summed E-state index contributed by atoms with van der Waals surface area (Å²) in [4.78, 5) is 18.1. The Labute approximate surface area is 103 Å². The molecule has 0 bridgehead atoms. The van der Waals surface area contributed by atoms with Gasteiger partial charge in [-0.05, 0) is 35.2 Å². The van der Waals surface area contributed by atoms with E-state index in [0.29, 0.717) is 12.3 Å². The van der Waals surface area contributed by atoms with Crippen molar-refractivity contribution in [2.75, 3.05) is 0 Å². The Morgan fingerprint density at radius 3 is 2.81 bits per heavy atom. The van der Waals surface area contributed by atoms with E-state index in [1.54, 1.807) is 0 Å². The number of halogens is 1. The third-order valence-electron chi connectivity index (χ3n) is 3.11. The number of aromatic amines is 1. The first-order valence-corrected chi connectivity index (χ1v) is 6.42. The van der Waals surface area contributed by atoms with Crippen LogP contribution in [0, 0.1) is 0 Å². The molecule has 5 heteroatoms. The number of H-pyrrole nitrogens is 1. The quantitative estimate of drug-likeness (QED) is 0.894. The summed E-state index contributed by atoms with van der Waals surface area (Å²) in [6.07, 6.45) is 5.57. The minimum absolute atomic E-state index is 0.161. The lowest BCUT2D eigenvalue weighted by atomic mass is 10.0. The molecule has 1 heterocycles. The number of hydrogen-bond donors (Lipinski definition) is 2. The standard InChI is InChI=1S/C11H15BrN2O2/c12-11-13-8(5-6-9(15)16)10(14-11)7-3-1-2-4-7/h7H,1-6H2,(H,13,14)(H,15,16). The fourth-order valence-corrected chi connectivity index (χ4v) is 2.78. The molecule has 1 aromatic heterocycles. The Kier molecular flexibility index (Phi) is 3.63. The molecule has 2 N–H and O–H groups in total. The van der Waals surface area contributed by atoms with Gasteiger partial charge in [0.1, 0.15) is 0 Å². The van der Waals surface area contributed by atoms with Gasteiger partial charge in [0, 0.05) is 11.6 Å². The van der Waals surface area contributed by atoms with Crippen molar-refractivity contribution in [2.24, 2.45) is 0 Å². The molecule has 1 aliphatic carbocycles. The van der Waals surface area contributed by atoms with Gasteiger partial charge in [-0.25, -0.2) is 4.98 Å². The molecule has 88 valence electrons. The van der Waals surface area contributed by atoms with Crippen molar-refractivity contribution in [3.8, 4) is 0 Å². The van der Waals surface area contributed by atoms with Gasteiger partial charge in [0.25, 0.3) is 0 Å². The molecule has 0 aliphatic heterocycles. The number of aromatic nitrogens is 2. The van der Waals surface area contributed by atoms with Gasteiger partial charge in [0.05, 0.1) is 12.1 Å². The second-order valence-corrected chi connectivity index (χ2v) is 5.02. The summed E-state index contributed by atoms with van der Waals surface area (Å²) in [6.45, 7) is 0. The number of nitrogens with one attached hydrogen (secondary N) is 1. The summed E-state index contributed by atoms with van der Waals surface area (Å²) >= 11 is 3.32. The first kappa shape index (κ1) is 11.6. The van der Waals surface area contributed by atoms with E-state index in [4.69, 9.17) is 5.11 Å². The van der Waals surface area contributed by atoms with E-state index in [1.807, 2.05) is 0 Å². The highest BCUT2D eigenvalue weighted by Crippen LogP contribution is 2.35. The van der Waals surface area contributed by atoms with Crippen LogP contribution in [0.5, 0.6) is 0 Å². The predicted molar refractivity (Wildman–Crippen MR) is 63.5 cm³/mol. The smallest absolute Gasteiger partial charge is 0.303 e. The van der Waals surface area contributed by atoms with Gasteiger partial charge < -0.3 is 10.1 Å². The number of carboxylic acid groups (broad SMARTS) is 1. The second-order valence-electron chi connectivity index (χ2n) is 4.27. The van der Waals surface area contributed by atoms with Crippen LogP contribution in [0.2, 0.25) is 0 Å². The van der Waals surface area contributed by atoms with Gasteiger partial charge in [-0.15, -0.1) is 0 Å². The molecule has 0 spiro atoms. The van der Waals surface area contributed by atoms with Crippen LogP contribution in [-0.4, -0.2) is 21.0 Å². The summed E-state index contributed by atoms with van der Waals surface area (Å²) < 4.78 is 0.717. The first-order valence-electron chi connectivity index (χ1n) is 5.63. The van der Waals surface area contributed by atoms with Crippen LogP contribution in [0.4, 0.5) is 0 Å². The molecule has 0 unspecified atom stereocenters. The van der Waals surface area contributed by atoms with E-state index in [0.717, 1.165) is 16.1 Å². The Morgan fingerprint density at radius 1 is 1.50 bits per heavy atom. The molecule has 0 saturated heterocycles. The van der Waals surface area contributed by atoms with Gasteiger partial charge in [-0.2, -0.15) is 0 Å². The number of aryl methyl sites for hydroxylation is 1. The number of carbonyl (C=O) groups is 1. The molecule has 0 radical (unpaired) electrons. The van der Waals surface area contributed by atoms with Crippen molar-refractivity contribution >= 4 is 21.9 Å². The van der Waals surface area contributed by atoms with Gasteiger partial charge in [0.15, 0.2) is 4.73 Å². The third-order valence-corrected chi connectivity index (χ3v) is 3.49. The fourth-order valence-electron chi connectivity index (χ4n) is 2.35. The van der Waals surface area contributed by atoms with Gasteiger partial charge in [0.2, 0.25) is 0 Å². The summed E-state index contributed by atoms with van der Waals surface area (Å²) in [5, 5.41) is 8.69. The minimum Gasteiger partial charge on any atom is -0.481 e. The lowest BCUT2D eigenvalue weighted by Gasteiger charge is -2.07. The van der Waals surface area contributed by atoms with E-state index in [-0.39, 0.29) is 6.42 Å². The Hall–Kier alpha value is -0.840. The third kappa shape index (κ3) is 2.64. The normalized spacial score (nSPS) is 16.8. The van der Waals surface area contributed by atoms with E-state index in [1.165, 1.54) is 25.7 Å². The van der Waals surface area contributed by atoms with Crippen LogP contribution < -0.4 is 0 Å². The molecule has 1 saturated carbocycles. The topological polar surface area (TPSA) is 66.0 Å². The number of hydrogen-bond acceptors (Lipinski definition) is 2. The Bertz CT molecular complexity index is 383. The molecule has 1 fully saturated rings. The number of nitrogens with zero attached hydrogens (tertiary/aromatic N) is 1. The minimum atomic E-state index is -0.761. The van der Waals surface area contributed by atoms with Crippen LogP contribution in [0.15, 0.2) is 4.73 Å². The van der Waals surface area contributed by atoms with Crippen LogP contribution in [-0.2, 0) is 11.2 Å². The second kappa shape index (κ2) is 4.99. The van der Waals surface area contributed by atoms with Crippen molar-refractivity contribution in [3.63, 3.8) is 0 Å². The molecule has 16 heavy (non-hydrogen) atoms. The molecule has 0 aromatic carbocycles. The van der Waals surface area contributed by atoms with Crippen molar-refractivity contribution in [2.45, 2.75) is 44.4 Å². The molecular formula is C11H15BrN2O2. The summed E-state index contributed by atoms with van der Waals surface area (Å²) in [7, 11) is 0. The zero-order chi connectivity index (χ0) is 11.5. The van der Waals surface area contributed by atoms with Crippen LogP contribution >= 0.6 is 15.9 Å². The van der Waals surface area contributed by atoms with Crippen molar-refractivity contribution in [1.29, 1.82) is 0 Å². The van der Waals surface area contributed by atoms with Crippen molar-refractivity contribution in [1.82, 2.24) is 9.97 Å². The van der Waals surface area contributed by atoms with Crippen molar-refractivity contribution < 1.29 is 9.90 Å². The zero-order valence-electron chi connectivity index (χ0n) is 9.00. The first-order chi connectivity index (χ1) is 7.66. The number of imidazole rings is 1. The number of rotatable bonds is 4. The lowest BCUT2D eigenvalue weighted by molar-refractivity contribution is -0.136. The molecular weight excluding hydrogens is 272 g/mol. The highest BCUT2D eigenvalue weighted by molar-refractivity contribution is 9.10. The number of aliphatic carboxylic acids is 1. The van der Waals surface area contributed by atoms with Crippen molar-refractivity contribution in [3.05, 3.63) is 16.1 Å². The zero-order valence-corrected chi connectivity index (χ0v) is 10.6. The van der Waals surface area contributed by atoms with E-state index < -0.39 is 5.97 Å². The Balaban J connectivity index is 2.12. The van der Waals surface area contributed by atoms with Gasteiger partial charge >= 0.3 is 5.97 Å². The molecule has 0 atom stereocenters. The van der Waals surface area contributed by atoms with E-state index in [9.17, 15) is 4.79 Å². The molecule has 0 amide bonds. The maximum absolute atomic E-state index is 10.6. The van der Waals surface area contributed by atoms with E-state index in [2.05, 4.69) is 25.9 Å². The monoisotopic (exact) mass is 286 g/mol. The van der Waals surface area contributed by atoms with Gasteiger partial charge in [-0.3, -0.25) is 4.79 Å². The lowest BCUT2D eigenvalue weighted by Crippen LogP contribution is -2.02. The number of carboxylic acids is 1. The highest BCUT2D eigenvalue weighted by Gasteiger charge is 2.23. The summed E-state index contributed by atoms with van der Waals surface area (Å²) in [6, 6.07) is 0. The summed E-state index contributed by atoms with van der Waals surface area (Å²) in [5.41, 5.74) is 2.06.